The van der Waals surface area contributed by atoms with Crippen molar-refractivity contribution < 1.29 is 14.3 Å². The minimum absolute atomic E-state index is 0.298. The van der Waals surface area contributed by atoms with E-state index in [0.717, 1.165) is 11.3 Å². The third-order valence-electron chi connectivity index (χ3n) is 1.09. The van der Waals surface area contributed by atoms with Gasteiger partial charge in [-0.1, -0.05) is 6.92 Å². The van der Waals surface area contributed by atoms with E-state index in [0.29, 0.717) is 19.6 Å². The Morgan fingerprint density at radius 2 is 2.18 bits per heavy atom. The number of rotatable bonds is 4. The molecule has 0 unspecified atom stereocenters. The smallest absolute Gasteiger partial charge is 0.416 e. The van der Waals surface area contributed by atoms with E-state index in [2.05, 4.69) is 4.74 Å². The lowest BCUT2D eigenvalue weighted by atomic mass is 10.4. The van der Waals surface area contributed by atoms with Crippen molar-refractivity contribution in [1.29, 1.82) is 0 Å². The Kier molecular flexibility index (Phi) is 5.15. The quantitative estimate of drug-likeness (QED) is 0.575. The van der Waals surface area contributed by atoms with E-state index in [-0.39, 0.29) is 0 Å². The molecule has 0 aromatic heterocycles. The predicted octanol–water partition coefficient (Wildman–Crippen LogP) is 1.01. The third-order valence-corrected chi connectivity index (χ3v) is 1.09. The summed E-state index contributed by atoms with van der Waals surface area (Å²) in [5, 5.41) is 0. The zero-order valence-corrected chi connectivity index (χ0v) is 6.87. The molecule has 0 N–H and O–H groups in total. The number of hydrogen-bond donors (Lipinski definition) is 0. The van der Waals surface area contributed by atoms with Crippen molar-refractivity contribution in [3.63, 3.8) is 0 Å². The SMILES string of the molecule is CCCN(C=O)C(=O)OCC. The fourth-order valence-electron chi connectivity index (χ4n) is 0.634. The second kappa shape index (κ2) is 5.70. The molecule has 0 aliphatic heterocycles. The highest BCUT2D eigenvalue weighted by molar-refractivity contribution is 5.80. The molecule has 0 atom stereocenters. The van der Waals surface area contributed by atoms with E-state index >= 15 is 0 Å². The number of carbonyl (C=O) groups excluding carboxylic acids is 2. The second-order valence-corrected chi connectivity index (χ2v) is 2.00. The summed E-state index contributed by atoms with van der Waals surface area (Å²) in [6.45, 7) is 4.30. The largest absolute Gasteiger partial charge is 0.449 e. The standard InChI is InChI=1S/C7H13NO3/c1-3-5-8(6-9)7(10)11-4-2/h6H,3-5H2,1-2H3. The van der Waals surface area contributed by atoms with Crippen LogP contribution in [-0.2, 0) is 9.53 Å². The topological polar surface area (TPSA) is 46.6 Å². The van der Waals surface area contributed by atoms with Crippen molar-refractivity contribution in [2.24, 2.45) is 0 Å². The number of nitrogens with zero attached hydrogens (tertiary/aromatic N) is 1. The average molecular weight is 159 g/mol. The number of imide groups is 1. The van der Waals surface area contributed by atoms with Crippen molar-refractivity contribution in [1.82, 2.24) is 4.90 Å². The molecule has 4 nitrogen and oxygen atoms in total. The molecule has 0 aromatic rings. The number of carbonyl (C=O) groups is 2. The second-order valence-electron chi connectivity index (χ2n) is 2.00. The van der Waals surface area contributed by atoms with Gasteiger partial charge in [-0.2, -0.15) is 0 Å². The molecule has 0 bridgehead atoms. The molecule has 64 valence electrons. The minimum atomic E-state index is -0.565. The maximum absolute atomic E-state index is 10.8. The monoisotopic (exact) mass is 159 g/mol. The summed E-state index contributed by atoms with van der Waals surface area (Å²) in [5.74, 6) is 0. The average Bonchev–Trinajstić information content (AvgIpc) is 2.00. The summed E-state index contributed by atoms with van der Waals surface area (Å²) in [5.41, 5.74) is 0. The molecule has 11 heavy (non-hydrogen) atoms. The Morgan fingerprint density at radius 3 is 2.55 bits per heavy atom. The lowest BCUT2D eigenvalue weighted by Gasteiger charge is -2.12. The van der Waals surface area contributed by atoms with Crippen LogP contribution in [0.1, 0.15) is 20.3 Å². The molecule has 0 saturated carbocycles. The van der Waals surface area contributed by atoms with E-state index in [1.165, 1.54) is 0 Å². The Morgan fingerprint density at radius 1 is 1.55 bits per heavy atom. The Balaban J connectivity index is 3.81. The molecule has 0 heterocycles. The fourth-order valence-corrected chi connectivity index (χ4v) is 0.634. The summed E-state index contributed by atoms with van der Waals surface area (Å²) in [7, 11) is 0. The lowest BCUT2D eigenvalue weighted by molar-refractivity contribution is -0.116. The zero-order chi connectivity index (χ0) is 8.69. The summed E-state index contributed by atoms with van der Waals surface area (Å²) < 4.78 is 4.60. The third kappa shape index (κ3) is 3.60. The Labute approximate surface area is 66.1 Å². The highest BCUT2D eigenvalue weighted by atomic mass is 16.6. The molecule has 0 aliphatic carbocycles. The maximum atomic E-state index is 10.8. The van der Waals surface area contributed by atoms with E-state index in [9.17, 15) is 9.59 Å². The number of ether oxygens (including phenoxy) is 1. The predicted molar refractivity (Wildman–Crippen MR) is 40.1 cm³/mol. The van der Waals surface area contributed by atoms with Crippen molar-refractivity contribution in [2.45, 2.75) is 20.3 Å². The van der Waals surface area contributed by atoms with Crippen LogP contribution in [-0.4, -0.2) is 30.6 Å². The van der Waals surface area contributed by atoms with Crippen LogP contribution < -0.4 is 0 Å². The molecule has 0 spiro atoms. The van der Waals surface area contributed by atoms with Gasteiger partial charge >= 0.3 is 6.09 Å². The van der Waals surface area contributed by atoms with Crippen LogP contribution in [0.15, 0.2) is 0 Å². The van der Waals surface area contributed by atoms with Gasteiger partial charge in [-0.05, 0) is 13.3 Å². The van der Waals surface area contributed by atoms with Crippen LogP contribution in [0.25, 0.3) is 0 Å². The lowest BCUT2D eigenvalue weighted by Crippen LogP contribution is -2.30. The molecule has 4 heteroatoms. The van der Waals surface area contributed by atoms with Gasteiger partial charge in [0.1, 0.15) is 0 Å². The first-order valence-corrected chi connectivity index (χ1v) is 3.64. The molecule has 2 amide bonds. The van der Waals surface area contributed by atoms with Crippen LogP contribution >= 0.6 is 0 Å². The highest BCUT2D eigenvalue weighted by Crippen LogP contribution is 1.91. The van der Waals surface area contributed by atoms with Crippen molar-refractivity contribution >= 4 is 12.5 Å². The van der Waals surface area contributed by atoms with Gasteiger partial charge in [0, 0.05) is 6.54 Å². The molecular weight excluding hydrogens is 146 g/mol. The van der Waals surface area contributed by atoms with E-state index in [4.69, 9.17) is 0 Å². The Bertz CT molecular complexity index is 136. The maximum Gasteiger partial charge on any atom is 0.416 e. The molecule has 0 aliphatic rings. The summed E-state index contributed by atoms with van der Waals surface area (Å²) >= 11 is 0. The van der Waals surface area contributed by atoms with Crippen LogP contribution in [0.2, 0.25) is 0 Å². The molecule has 0 fully saturated rings. The Hall–Kier alpha value is -1.06. The van der Waals surface area contributed by atoms with Gasteiger partial charge in [0.05, 0.1) is 6.61 Å². The summed E-state index contributed by atoms with van der Waals surface area (Å²) in [4.78, 5) is 22.1. The van der Waals surface area contributed by atoms with E-state index in [1.807, 2.05) is 6.92 Å². The van der Waals surface area contributed by atoms with Gasteiger partial charge in [0.15, 0.2) is 0 Å². The normalized spacial score (nSPS) is 8.91. The summed E-state index contributed by atoms with van der Waals surface area (Å²) in [6.07, 6.45) is 0.670. The van der Waals surface area contributed by atoms with Crippen LogP contribution in [0.4, 0.5) is 4.79 Å². The first-order chi connectivity index (χ1) is 5.26. The van der Waals surface area contributed by atoms with Gasteiger partial charge in [0.2, 0.25) is 6.41 Å². The molecule has 0 rings (SSSR count). The van der Waals surface area contributed by atoms with E-state index in [1.54, 1.807) is 6.92 Å². The van der Waals surface area contributed by atoms with Crippen LogP contribution in [0.3, 0.4) is 0 Å². The molecule has 0 radical (unpaired) electrons. The number of hydrogen-bond acceptors (Lipinski definition) is 3. The van der Waals surface area contributed by atoms with Crippen molar-refractivity contribution in [3.05, 3.63) is 0 Å². The minimum Gasteiger partial charge on any atom is -0.449 e. The molecule has 0 aromatic carbocycles. The van der Waals surface area contributed by atoms with Gasteiger partial charge in [-0.25, -0.2) is 4.79 Å². The van der Waals surface area contributed by atoms with Gasteiger partial charge < -0.3 is 4.74 Å². The highest BCUT2D eigenvalue weighted by Gasteiger charge is 2.10. The first-order valence-electron chi connectivity index (χ1n) is 3.64. The first kappa shape index (κ1) is 9.94. The van der Waals surface area contributed by atoms with Crippen LogP contribution in [0.5, 0.6) is 0 Å². The molecule has 0 saturated heterocycles. The summed E-state index contributed by atoms with van der Waals surface area (Å²) in [6, 6.07) is 0. The van der Waals surface area contributed by atoms with E-state index < -0.39 is 6.09 Å². The number of amides is 2. The molecular formula is C7H13NO3. The van der Waals surface area contributed by atoms with Gasteiger partial charge in [-0.15, -0.1) is 0 Å². The van der Waals surface area contributed by atoms with Gasteiger partial charge in [0.25, 0.3) is 0 Å². The van der Waals surface area contributed by atoms with Gasteiger partial charge in [-0.3, -0.25) is 9.69 Å². The fraction of sp³-hybridized carbons (Fsp3) is 0.714. The van der Waals surface area contributed by atoms with Crippen molar-refractivity contribution in [3.8, 4) is 0 Å². The zero-order valence-electron chi connectivity index (χ0n) is 6.87. The van der Waals surface area contributed by atoms with Crippen molar-refractivity contribution in [2.75, 3.05) is 13.2 Å². The van der Waals surface area contributed by atoms with Crippen LogP contribution in [0, 0.1) is 0 Å².